The molecule has 0 fully saturated rings. The number of likely N-dealkylation sites (N-methyl/N-ethyl adjacent to an activating group) is 1. The smallest absolute Gasteiger partial charge is 0.0435 e. The first-order valence-corrected chi connectivity index (χ1v) is 5.58. The SMILES string of the molecule is CN(C)C(C)(C)C(N)C1=CCCCC1. The molecular formula is C12H24N2. The van der Waals surface area contributed by atoms with E-state index < -0.39 is 0 Å². The van der Waals surface area contributed by atoms with Crippen molar-refractivity contribution in [3.63, 3.8) is 0 Å². The number of hydrogen-bond donors (Lipinski definition) is 1. The van der Waals surface area contributed by atoms with Crippen LogP contribution in [0.25, 0.3) is 0 Å². The lowest BCUT2D eigenvalue weighted by Crippen LogP contribution is -2.54. The van der Waals surface area contributed by atoms with Crippen molar-refractivity contribution in [2.45, 2.75) is 51.1 Å². The molecule has 0 radical (unpaired) electrons. The minimum Gasteiger partial charge on any atom is -0.323 e. The van der Waals surface area contributed by atoms with E-state index in [2.05, 4.69) is 38.9 Å². The van der Waals surface area contributed by atoms with Gasteiger partial charge in [-0.3, -0.25) is 0 Å². The zero-order chi connectivity index (χ0) is 10.8. The van der Waals surface area contributed by atoms with Crippen molar-refractivity contribution in [1.82, 2.24) is 4.90 Å². The molecule has 2 nitrogen and oxygen atoms in total. The van der Waals surface area contributed by atoms with E-state index in [1.807, 2.05) is 0 Å². The molecule has 0 amide bonds. The molecule has 14 heavy (non-hydrogen) atoms. The maximum absolute atomic E-state index is 6.32. The summed E-state index contributed by atoms with van der Waals surface area (Å²) in [4.78, 5) is 2.22. The van der Waals surface area contributed by atoms with Crippen molar-refractivity contribution >= 4 is 0 Å². The Hall–Kier alpha value is -0.340. The second kappa shape index (κ2) is 4.45. The summed E-state index contributed by atoms with van der Waals surface area (Å²) in [7, 11) is 4.20. The number of rotatable bonds is 3. The van der Waals surface area contributed by atoms with Crippen LogP contribution in [-0.4, -0.2) is 30.6 Å². The molecule has 0 aliphatic heterocycles. The van der Waals surface area contributed by atoms with Gasteiger partial charge in [0.2, 0.25) is 0 Å². The molecule has 1 unspecified atom stereocenters. The van der Waals surface area contributed by atoms with Gasteiger partial charge in [0.05, 0.1) is 0 Å². The third kappa shape index (κ3) is 2.37. The van der Waals surface area contributed by atoms with E-state index in [-0.39, 0.29) is 11.6 Å². The van der Waals surface area contributed by atoms with E-state index in [4.69, 9.17) is 5.73 Å². The molecule has 1 aliphatic rings. The summed E-state index contributed by atoms with van der Waals surface area (Å²) in [6.07, 6.45) is 7.39. The van der Waals surface area contributed by atoms with Crippen molar-refractivity contribution in [1.29, 1.82) is 0 Å². The molecule has 2 heteroatoms. The van der Waals surface area contributed by atoms with Crippen LogP contribution in [0.4, 0.5) is 0 Å². The minimum absolute atomic E-state index is 0.0587. The Morgan fingerprint density at radius 1 is 1.36 bits per heavy atom. The van der Waals surface area contributed by atoms with Crippen LogP contribution in [0.15, 0.2) is 11.6 Å². The number of allylic oxidation sites excluding steroid dienone is 1. The van der Waals surface area contributed by atoms with Gasteiger partial charge >= 0.3 is 0 Å². The molecule has 0 saturated carbocycles. The molecule has 1 rings (SSSR count). The second-order valence-corrected chi connectivity index (χ2v) is 5.05. The molecule has 1 aliphatic carbocycles. The summed E-state index contributed by atoms with van der Waals surface area (Å²) in [5, 5.41) is 0. The van der Waals surface area contributed by atoms with E-state index in [1.165, 1.54) is 31.3 Å². The first-order valence-electron chi connectivity index (χ1n) is 5.58. The van der Waals surface area contributed by atoms with Crippen molar-refractivity contribution < 1.29 is 0 Å². The zero-order valence-electron chi connectivity index (χ0n) is 10.0. The molecule has 2 N–H and O–H groups in total. The maximum Gasteiger partial charge on any atom is 0.0435 e. The molecule has 0 spiro atoms. The standard InChI is InChI=1S/C12H24N2/c1-12(2,14(3)4)11(13)10-8-6-5-7-9-10/h8,11H,5-7,9,13H2,1-4H3. The van der Waals surface area contributed by atoms with E-state index in [0.717, 1.165) is 0 Å². The van der Waals surface area contributed by atoms with Crippen LogP contribution in [0.3, 0.4) is 0 Å². The highest BCUT2D eigenvalue weighted by Gasteiger charge is 2.31. The summed E-state index contributed by atoms with van der Waals surface area (Å²) in [6, 6.07) is 0.179. The Kier molecular flexibility index (Phi) is 3.73. The Morgan fingerprint density at radius 3 is 2.43 bits per heavy atom. The monoisotopic (exact) mass is 196 g/mol. The zero-order valence-corrected chi connectivity index (χ0v) is 10.0. The van der Waals surface area contributed by atoms with Gasteiger partial charge in [0.1, 0.15) is 0 Å². The minimum atomic E-state index is 0.0587. The van der Waals surface area contributed by atoms with E-state index in [0.29, 0.717) is 0 Å². The highest BCUT2D eigenvalue weighted by Crippen LogP contribution is 2.26. The highest BCUT2D eigenvalue weighted by atomic mass is 15.2. The quantitative estimate of drug-likeness (QED) is 0.701. The Morgan fingerprint density at radius 2 is 2.00 bits per heavy atom. The summed E-state index contributed by atoms with van der Waals surface area (Å²) in [5.74, 6) is 0. The molecule has 82 valence electrons. The number of nitrogens with zero attached hydrogens (tertiary/aromatic N) is 1. The third-order valence-corrected chi connectivity index (χ3v) is 3.64. The van der Waals surface area contributed by atoms with Crippen molar-refractivity contribution in [2.75, 3.05) is 14.1 Å². The maximum atomic E-state index is 6.32. The fraction of sp³-hybridized carbons (Fsp3) is 0.833. The highest BCUT2D eigenvalue weighted by molar-refractivity contribution is 5.18. The topological polar surface area (TPSA) is 29.3 Å². The number of hydrogen-bond acceptors (Lipinski definition) is 2. The van der Waals surface area contributed by atoms with Crippen LogP contribution in [0.1, 0.15) is 39.5 Å². The van der Waals surface area contributed by atoms with Crippen molar-refractivity contribution in [3.05, 3.63) is 11.6 Å². The molecule has 0 aromatic heterocycles. The summed E-state index contributed by atoms with van der Waals surface area (Å²) < 4.78 is 0. The predicted octanol–water partition coefficient (Wildman–Crippen LogP) is 2.15. The van der Waals surface area contributed by atoms with Crippen molar-refractivity contribution in [3.8, 4) is 0 Å². The van der Waals surface area contributed by atoms with Gasteiger partial charge in [0, 0.05) is 11.6 Å². The van der Waals surface area contributed by atoms with Crippen LogP contribution in [-0.2, 0) is 0 Å². The normalized spacial score (nSPS) is 20.9. The van der Waals surface area contributed by atoms with E-state index in [9.17, 15) is 0 Å². The molecule has 0 aromatic rings. The largest absolute Gasteiger partial charge is 0.323 e. The van der Waals surface area contributed by atoms with Crippen LogP contribution >= 0.6 is 0 Å². The molecule has 1 atom stereocenters. The number of nitrogens with two attached hydrogens (primary N) is 1. The molecule has 0 saturated heterocycles. The Labute approximate surface area is 88.2 Å². The summed E-state index contributed by atoms with van der Waals surface area (Å²) in [6.45, 7) is 4.43. The van der Waals surface area contributed by atoms with Gasteiger partial charge in [-0.25, -0.2) is 0 Å². The Bertz CT molecular complexity index is 216. The Balaban J connectivity index is 2.72. The van der Waals surface area contributed by atoms with Crippen molar-refractivity contribution in [2.24, 2.45) is 5.73 Å². The van der Waals surface area contributed by atoms with E-state index in [1.54, 1.807) is 0 Å². The van der Waals surface area contributed by atoms with Crippen LogP contribution in [0, 0.1) is 0 Å². The average Bonchev–Trinajstić information content (AvgIpc) is 2.17. The lowest BCUT2D eigenvalue weighted by molar-refractivity contribution is 0.170. The van der Waals surface area contributed by atoms with Gasteiger partial charge in [-0.15, -0.1) is 0 Å². The van der Waals surface area contributed by atoms with E-state index >= 15 is 0 Å². The van der Waals surface area contributed by atoms with Gasteiger partial charge in [-0.2, -0.15) is 0 Å². The fourth-order valence-electron chi connectivity index (χ4n) is 1.88. The van der Waals surface area contributed by atoms with Gasteiger partial charge < -0.3 is 10.6 Å². The summed E-state index contributed by atoms with van der Waals surface area (Å²) in [5.41, 5.74) is 7.83. The van der Waals surface area contributed by atoms with Gasteiger partial charge in [0.25, 0.3) is 0 Å². The fourth-order valence-corrected chi connectivity index (χ4v) is 1.88. The third-order valence-electron chi connectivity index (χ3n) is 3.64. The van der Waals surface area contributed by atoms with Gasteiger partial charge in [0.15, 0.2) is 0 Å². The lowest BCUT2D eigenvalue weighted by Gasteiger charge is -2.40. The van der Waals surface area contributed by atoms with Gasteiger partial charge in [-0.05, 0) is 53.6 Å². The predicted molar refractivity (Wildman–Crippen MR) is 62.3 cm³/mol. The lowest BCUT2D eigenvalue weighted by atomic mass is 9.83. The van der Waals surface area contributed by atoms with Gasteiger partial charge in [-0.1, -0.05) is 11.6 Å². The summed E-state index contributed by atoms with van der Waals surface area (Å²) >= 11 is 0. The molecular weight excluding hydrogens is 172 g/mol. The molecule has 0 bridgehead atoms. The molecule has 0 aromatic carbocycles. The van der Waals surface area contributed by atoms with Crippen LogP contribution in [0.2, 0.25) is 0 Å². The average molecular weight is 196 g/mol. The van der Waals surface area contributed by atoms with Crippen LogP contribution < -0.4 is 5.73 Å². The van der Waals surface area contributed by atoms with Crippen LogP contribution in [0.5, 0.6) is 0 Å². The molecule has 0 heterocycles. The first-order chi connectivity index (χ1) is 6.46. The second-order valence-electron chi connectivity index (χ2n) is 5.05. The first kappa shape index (κ1) is 11.7.